The van der Waals surface area contributed by atoms with Crippen LogP contribution in [0.4, 0.5) is 4.39 Å². The van der Waals surface area contributed by atoms with E-state index >= 15 is 0 Å². The van der Waals surface area contributed by atoms with E-state index in [0.29, 0.717) is 17.4 Å². The Bertz CT molecular complexity index is 530. The molecule has 1 atom stereocenters. The van der Waals surface area contributed by atoms with Crippen molar-refractivity contribution < 1.29 is 8.91 Å². The van der Waals surface area contributed by atoms with Crippen molar-refractivity contribution in [2.24, 2.45) is 11.1 Å². The fourth-order valence-electron chi connectivity index (χ4n) is 1.34. The summed E-state index contributed by atoms with van der Waals surface area (Å²) < 4.78 is 17.9. The maximum absolute atomic E-state index is 12.7. The molecule has 2 aromatic heterocycles. The van der Waals surface area contributed by atoms with Crippen LogP contribution in [0.15, 0.2) is 22.9 Å². The second-order valence-electron chi connectivity index (χ2n) is 5.16. The molecule has 0 aromatic carbocycles. The number of aromatic nitrogens is 3. The van der Waals surface area contributed by atoms with Gasteiger partial charge in [-0.2, -0.15) is 4.98 Å². The highest BCUT2D eigenvalue weighted by molar-refractivity contribution is 5.47. The third-order valence-corrected chi connectivity index (χ3v) is 2.60. The van der Waals surface area contributed by atoms with Gasteiger partial charge in [-0.05, 0) is 17.5 Å². The second-order valence-corrected chi connectivity index (χ2v) is 5.16. The average molecular weight is 250 g/mol. The summed E-state index contributed by atoms with van der Waals surface area (Å²) in [4.78, 5) is 8.07. The van der Waals surface area contributed by atoms with Crippen molar-refractivity contribution in [2.45, 2.75) is 26.8 Å². The number of nitrogens with zero attached hydrogens (tertiary/aromatic N) is 3. The first-order chi connectivity index (χ1) is 8.38. The number of rotatable bonds is 2. The largest absolute Gasteiger partial charge is 0.337 e. The van der Waals surface area contributed by atoms with Gasteiger partial charge in [0.1, 0.15) is 11.5 Å². The van der Waals surface area contributed by atoms with Gasteiger partial charge in [0, 0.05) is 0 Å². The van der Waals surface area contributed by atoms with Crippen LogP contribution in [0, 0.1) is 11.2 Å². The molecule has 0 radical (unpaired) electrons. The predicted octanol–water partition coefficient (Wildman–Crippen LogP) is 2.32. The maximum atomic E-state index is 12.7. The van der Waals surface area contributed by atoms with Crippen LogP contribution in [-0.2, 0) is 0 Å². The molecule has 0 amide bonds. The van der Waals surface area contributed by atoms with Gasteiger partial charge in [-0.15, -0.1) is 0 Å². The van der Waals surface area contributed by atoms with E-state index in [1.54, 1.807) is 0 Å². The van der Waals surface area contributed by atoms with Gasteiger partial charge in [0.05, 0.1) is 12.2 Å². The maximum Gasteiger partial charge on any atom is 0.244 e. The second kappa shape index (κ2) is 4.45. The highest BCUT2D eigenvalue weighted by atomic mass is 19.1. The molecular weight excluding hydrogens is 235 g/mol. The van der Waals surface area contributed by atoms with Crippen LogP contribution in [0.2, 0.25) is 0 Å². The predicted molar refractivity (Wildman–Crippen MR) is 63.9 cm³/mol. The zero-order valence-corrected chi connectivity index (χ0v) is 10.5. The molecule has 0 saturated carbocycles. The van der Waals surface area contributed by atoms with Crippen molar-refractivity contribution in [2.75, 3.05) is 0 Å². The number of nitrogens with two attached hydrogens (primary N) is 1. The summed E-state index contributed by atoms with van der Waals surface area (Å²) in [6.07, 6.45) is 1.11. The molecule has 0 aliphatic heterocycles. The Kier molecular flexibility index (Phi) is 3.13. The average Bonchev–Trinajstić information content (AvgIpc) is 2.77. The minimum atomic E-state index is -0.408. The number of pyridine rings is 1. The topological polar surface area (TPSA) is 77.8 Å². The van der Waals surface area contributed by atoms with E-state index < -0.39 is 5.82 Å². The van der Waals surface area contributed by atoms with Crippen LogP contribution in [0.3, 0.4) is 0 Å². The summed E-state index contributed by atoms with van der Waals surface area (Å²) in [5, 5.41) is 3.80. The van der Waals surface area contributed by atoms with Gasteiger partial charge < -0.3 is 10.3 Å². The molecule has 96 valence electrons. The lowest BCUT2D eigenvalue weighted by Crippen LogP contribution is -2.26. The van der Waals surface area contributed by atoms with E-state index in [1.165, 1.54) is 12.1 Å². The molecule has 2 N–H and O–H groups in total. The lowest BCUT2D eigenvalue weighted by Gasteiger charge is -2.23. The summed E-state index contributed by atoms with van der Waals surface area (Å²) in [6.45, 7) is 5.95. The van der Waals surface area contributed by atoms with Crippen LogP contribution in [0.25, 0.3) is 11.5 Å². The Hall–Kier alpha value is -1.82. The van der Waals surface area contributed by atoms with Gasteiger partial charge in [0.15, 0.2) is 0 Å². The van der Waals surface area contributed by atoms with Gasteiger partial charge in [0.25, 0.3) is 0 Å². The highest BCUT2D eigenvalue weighted by Crippen LogP contribution is 2.30. The van der Waals surface area contributed by atoms with Crippen molar-refractivity contribution in [1.29, 1.82) is 0 Å². The summed E-state index contributed by atoms with van der Waals surface area (Å²) in [5.41, 5.74) is 6.28. The first-order valence-electron chi connectivity index (χ1n) is 5.59. The molecule has 0 saturated heterocycles. The molecule has 2 rings (SSSR count). The van der Waals surface area contributed by atoms with E-state index in [9.17, 15) is 4.39 Å². The van der Waals surface area contributed by atoms with Gasteiger partial charge in [-0.1, -0.05) is 25.9 Å². The zero-order valence-electron chi connectivity index (χ0n) is 10.5. The molecule has 2 aromatic rings. The van der Waals surface area contributed by atoms with E-state index in [4.69, 9.17) is 10.3 Å². The van der Waals surface area contributed by atoms with Crippen LogP contribution in [0.1, 0.15) is 32.7 Å². The molecule has 0 unspecified atom stereocenters. The van der Waals surface area contributed by atoms with Crippen LogP contribution in [-0.4, -0.2) is 15.1 Å². The molecule has 6 heteroatoms. The Labute approximate surface area is 104 Å². The van der Waals surface area contributed by atoms with Crippen LogP contribution in [0.5, 0.6) is 0 Å². The number of hydrogen-bond donors (Lipinski definition) is 1. The van der Waals surface area contributed by atoms with Gasteiger partial charge in [-0.25, -0.2) is 9.37 Å². The summed E-state index contributed by atoms with van der Waals surface area (Å²) in [7, 11) is 0. The minimum Gasteiger partial charge on any atom is -0.337 e. The molecule has 0 bridgehead atoms. The monoisotopic (exact) mass is 250 g/mol. The summed E-state index contributed by atoms with van der Waals surface area (Å²) >= 11 is 0. The fraction of sp³-hybridized carbons (Fsp3) is 0.417. The van der Waals surface area contributed by atoms with Gasteiger partial charge >= 0.3 is 0 Å². The standard InChI is InChI=1S/C12H15FN4O/c1-12(2,3)9(14)11-16-10(17-18-11)8-5-4-7(13)6-15-8/h4-6,9H,14H2,1-3H3/t9-/m1/s1. The molecule has 0 fully saturated rings. The molecule has 5 nitrogen and oxygen atoms in total. The minimum absolute atomic E-state index is 0.181. The number of halogens is 1. The smallest absolute Gasteiger partial charge is 0.244 e. The van der Waals surface area contributed by atoms with Gasteiger partial charge in [-0.3, -0.25) is 0 Å². The van der Waals surface area contributed by atoms with Crippen LogP contribution >= 0.6 is 0 Å². The Morgan fingerprint density at radius 3 is 2.61 bits per heavy atom. The van der Waals surface area contributed by atoms with Crippen molar-refractivity contribution in [3.63, 3.8) is 0 Å². The van der Waals surface area contributed by atoms with Crippen molar-refractivity contribution in [3.05, 3.63) is 30.0 Å². The third-order valence-electron chi connectivity index (χ3n) is 2.60. The number of hydrogen-bond acceptors (Lipinski definition) is 5. The first kappa shape index (κ1) is 12.6. The zero-order chi connectivity index (χ0) is 13.3. The highest BCUT2D eigenvalue weighted by Gasteiger charge is 2.27. The molecule has 0 aliphatic rings. The molecule has 0 spiro atoms. The van der Waals surface area contributed by atoms with Crippen LogP contribution < -0.4 is 5.73 Å². The van der Waals surface area contributed by atoms with E-state index in [0.717, 1.165) is 6.20 Å². The Balaban J connectivity index is 2.28. The Morgan fingerprint density at radius 2 is 2.06 bits per heavy atom. The molecule has 2 heterocycles. The summed E-state index contributed by atoms with van der Waals surface area (Å²) in [5.74, 6) is 0.252. The van der Waals surface area contributed by atoms with E-state index in [-0.39, 0.29) is 11.5 Å². The normalized spacial score (nSPS) is 13.6. The fourth-order valence-corrected chi connectivity index (χ4v) is 1.34. The Morgan fingerprint density at radius 1 is 1.33 bits per heavy atom. The SMILES string of the molecule is CC(C)(C)[C@H](N)c1nc(-c2ccc(F)cn2)no1. The van der Waals surface area contributed by atoms with E-state index in [1.807, 2.05) is 20.8 Å². The first-order valence-corrected chi connectivity index (χ1v) is 5.59. The molecule has 0 aliphatic carbocycles. The van der Waals surface area contributed by atoms with Crippen molar-refractivity contribution >= 4 is 0 Å². The van der Waals surface area contributed by atoms with Gasteiger partial charge in [0.2, 0.25) is 11.7 Å². The lowest BCUT2D eigenvalue weighted by atomic mass is 9.87. The molecule has 18 heavy (non-hydrogen) atoms. The molecular formula is C12H15FN4O. The van der Waals surface area contributed by atoms with E-state index in [2.05, 4.69) is 15.1 Å². The van der Waals surface area contributed by atoms with Crippen molar-refractivity contribution in [3.8, 4) is 11.5 Å². The summed E-state index contributed by atoms with van der Waals surface area (Å²) in [6, 6.07) is 2.42. The lowest BCUT2D eigenvalue weighted by molar-refractivity contribution is 0.253. The quantitative estimate of drug-likeness (QED) is 0.884. The third kappa shape index (κ3) is 2.53. The van der Waals surface area contributed by atoms with Crippen molar-refractivity contribution in [1.82, 2.24) is 15.1 Å².